The smallest absolute Gasteiger partial charge is 0.123 e. The largest absolute Gasteiger partial charge is 0.383 e. The number of methoxy groups -OCH3 is 1. The highest BCUT2D eigenvalue weighted by Gasteiger charge is 2.29. The van der Waals surface area contributed by atoms with Gasteiger partial charge in [-0.05, 0) is 60.7 Å². The standard InChI is InChI=1S/C26H31FN6O/c1-34-16-26(19-5-7-21(27)8-6-19)33-12-11-28-15-23(33)4-2-3-20-14-29-25-10-9-22(13-24(20)25)32-17-30-31-18-32/h5-10,13-14,17-18,23,26,28-29H,2-4,11-12,15-16H2,1H3. The Hall–Kier alpha value is -3.07. The van der Waals surface area contributed by atoms with Crippen LogP contribution in [-0.4, -0.2) is 64.0 Å². The molecular weight excluding hydrogens is 431 g/mol. The highest BCUT2D eigenvalue weighted by Crippen LogP contribution is 2.28. The number of halogens is 1. The van der Waals surface area contributed by atoms with Crippen LogP contribution in [0.3, 0.4) is 0 Å². The Morgan fingerprint density at radius 3 is 2.76 bits per heavy atom. The molecule has 7 nitrogen and oxygen atoms in total. The molecule has 3 heterocycles. The second-order valence-electron chi connectivity index (χ2n) is 8.92. The maximum Gasteiger partial charge on any atom is 0.123 e. The van der Waals surface area contributed by atoms with E-state index in [4.69, 9.17) is 4.74 Å². The van der Waals surface area contributed by atoms with E-state index in [0.29, 0.717) is 12.6 Å². The first kappa shape index (κ1) is 22.7. The van der Waals surface area contributed by atoms with Crippen molar-refractivity contribution < 1.29 is 9.13 Å². The first-order chi connectivity index (χ1) is 16.7. The average molecular weight is 463 g/mol. The monoisotopic (exact) mass is 462 g/mol. The highest BCUT2D eigenvalue weighted by molar-refractivity contribution is 5.85. The molecule has 0 bridgehead atoms. The summed E-state index contributed by atoms with van der Waals surface area (Å²) in [7, 11) is 1.73. The number of aromatic nitrogens is 4. The van der Waals surface area contributed by atoms with Gasteiger partial charge in [-0.2, -0.15) is 0 Å². The summed E-state index contributed by atoms with van der Waals surface area (Å²) in [6.07, 6.45) is 8.72. The Morgan fingerprint density at radius 1 is 1.15 bits per heavy atom. The molecule has 2 N–H and O–H groups in total. The van der Waals surface area contributed by atoms with Crippen LogP contribution in [0.4, 0.5) is 4.39 Å². The van der Waals surface area contributed by atoms with Crippen LogP contribution in [0.1, 0.15) is 30.0 Å². The number of aryl methyl sites for hydroxylation is 1. The summed E-state index contributed by atoms with van der Waals surface area (Å²) in [5, 5.41) is 12.6. The van der Waals surface area contributed by atoms with Crippen molar-refractivity contribution in [2.75, 3.05) is 33.4 Å². The van der Waals surface area contributed by atoms with Gasteiger partial charge in [-0.15, -0.1) is 10.2 Å². The molecule has 34 heavy (non-hydrogen) atoms. The summed E-state index contributed by atoms with van der Waals surface area (Å²) in [6, 6.07) is 13.8. The predicted octanol–water partition coefficient (Wildman–Crippen LogP) is 3.87. The molecule has 4 aromatic rings. The Morgan fingerprint density at radius 2 is 1.97 bits per heavy atom. The lowest BCUT2D eigenvalue weighted by Gasteiger charge is -2.41. The topological polar surface area (TPSA) is 71.0 Å². The Bertz CT molecular complexity index is 1190. The third-order valence-electron chi connectivity index (χ3n) is 6.83. The molecule has 2 atom stereocenters. The first-order valence-corrected chi connectivity index (χ1v) is 11.9. The summed E-state index contributed by atoms with van der Waals surface area (Å²) in [4.78, 5) is 5.94. The SMILES string of the molecule is COCC(c1ccc(F)cc1)N1CCNCC1CCCc1c[nH]c2ccc(-n3cnnc3)cc12. The molecule has 2 aromatic heterocycles. The fraction of sp³-hybridized carbons (Fsp3) is 0.385. The quantitative estimate of drug-likeness (QED) is 0.395. The third-order valence-corrected chi connectivity index (χ3v) is 6.83. The molecule has 2 aromatic carbocycles. The fourth-order valence-corrected chi connectivity index (χ4v) is 5.08. The predicted molar refractivity (Wildman–Crippen MR) is 131 cm³/mol. The molecular formula is C26H31FN6O. The van der Waals surface area contributed by atoms with Crippen molar-refractivity contribution in [2.45, 2.75) is 31.3 Å². The van der Waals surface area contributed by atoms with Crippen molar-refractivity contribution in [1.82, 2.24) is 30.0 Å². The van der Waals surface area contributed by atoms with Gasteiger partial charge in [-0.1, -0.05) is 12.1 Å². The number of aromatic amines is 1. The van der Waals surface area contributed by atoms with Gasteiger partial charge in [0, 0.05) is 55.6 Å². The second-order valence-corrected chi connectivity index (χ2v) is 8.92. The van der Waals surface area contributed by atoms with Crippen molar-refractivity contribution in [3.63, 3.8) is 0 Å². The lowest BCUT2D eigenvalue weighted by molar-refractivity contribution is 0.0424. The van der Waals surface area contributed by atoms with Crippen LogP contribution in [-0.2, 0) is 11.2 Å². The normalized spacial score (nSPS) is 17.9. The number of hydrogen-bond acceptors (Lipinski definition) is 5. The zero-order chi connectivity index (χ0) is 23.3. The van der Waals surface area contributed by atoms with E-state index in [-0.39, 0.29) is 11.9 Å². The van der Waals surface area contributed by atoms with Gasteiger partial charge in [0.15, 0.2) is 0 Å². The van der Waals surface area contributed by atoms with Gasteiger partial charge in [-0.25, -0.2) is 4.39 Å². The molecule has 0 spiro atoms. The van der Waals surface area contributed by atoms with Gasteiger partial charge in [0.2, 0.25) is 0 Å². The average Bonchev–Trinajstić information content (AvgIpc) is 3.54. The maximum absolute atomic E-state index is 13.5. The minimum absolute atomic E-state index is 0.122. The summed E-state index contributed by atoms with van der Waals surface area (Å²) < 4.78 is 21.0. The molecule has 0 saturated carbocycles. The minimum Gasteiger partial charge on any atom is -0.383 e. The molecule has 1 fully saturated rings. The number of fused-ring (bicyclic) bond motifs is 1. The van der Waals surface area contributed by atoms with Crippen LogP contribution >= 0.6 is 0 Å². The summed E-state index contributed by atoms with van der Waals surface area (Å²) in [5.41, 5.74) is 4.63. The van der Waals surface area contributed by atoms with Gasteiger partial charge in [-0.3, -0.25) is 9.47 Å². The number of ether oxygens (including phenoxy) is 1. The van der Waals surface area contributed by atoms with E-state index in [1.165, 1.54) is 10.9 Å². The van der Waals surface area contributed by atoms with Crippen molar-refractivity contribution in [3.8, 4) is 5.69 Å². The van der Waals surface area contributed by atoms with Crippen LogP contribution in [0, 0.1) is 5.82 Å². The third kappa shape index (κ3) is 4.89. The number of H-pyrrole nitrogens is 1. The summed E-state index contributed by atoms with van der Waals surface area (Å²) in [5.74, 6) is -0.206. The number of hydrogen-bond donors (Lipinski definition) is 2. The van der Waals surface area contributed by atoms with E-state index in [9.17, 15) is 4.39 Å². The molecule has 2 unspecified atom stereocenters. The summed E-state index contributed by atoms with van der Waals surface area (Å²) in [6.45, 7) is 3.45. The van der Waals surface area contributed by atoms with Crippen LogP contribution in [0.2, 0.25) is 0 Å². The van der Waals surface area contributed by atoms with Gasteiger partial charge in [0.1, 0.15) is 18.5 Å². The number of nitrogens with one attached hydrogen (secondary N) is 2. The van der Waals surface area contributed by atoms with Crippen molar-refractivity contribution in [2.24, 2.45) is 0 Å². The molecule has 1 aliphatic rings. The number of piperazine rings is 1. The van der Waals surface area contributed by atoms with E-state index in [0.717, 1.165) is 55.7 Å². The van der Waals surface area contributed by atoms with Crippen molar-refractivity contribution >= 4 is 10.9 Å². The van der Waals surface area contributed by atoms with E-state index >= 15 is 0 Å². The number of benzene rings is 2. The molecule has 0 aliphatic carbocycles. The second kappa shape index (κ2) is 10.5. The minimum atomic E-state index is -0.206. The Balaban J connectivity index is 1.28. The molecule has 1 aliphatic heterocycles. The van der Waals surface area contributed by atoms with Crippen LogP contribution < -0.4 is 5.32 Å². The van der Waals surface area contributed by atoms with Gasteiger partial charge >= 0.3 is 0 Å². The number of nitrogens with zero attached hydrogens (tertiary/aromatic N) is 4. The summed E-state index contributed by atoms with van der Waals surface area (Å²) >= 11 is 0. The van der Waals surface area contributed by atoms with E-state index in [1.54, 1.807) is 31.9 Å². The molecule has 0 radical (unpaired) electrons. The van der Waals surface area contributed by atoms with Gasteiger partial charge in [0.25, 0.3) is 0 Å². The van der Waals surface area contributed by atoms with E-state index < -0.39 is 0 Å². The lowest BCUT2D eigenvalue weighted by Crippen LogP contribution is -2.53. The van der Waals surface area contributed by atoms with E-state index in [2.05, 4.69) is 49.8 Å². The first-order valence-electron chi connectivity index (χ1n) is 11.9. The molecule has 8 heteroatoms. The lowest BCUT2D eigenvalue weighted by atomic mass is 9.98. The van der Waals surface area contributed by atoms with Crippen LogP contribution in [0.15, 0.2) is 61.3 Å². The molecule has 178 valence electrons. The fourth-order valence-electron chi connectivity index (χ4n) is 5.08. The highest BCUT2D eigenvalue weighted by atomic mass is 19.1. The van der Waals surface area contributed by atoms with Crippen LogP contribution in [0.25, 0.3) is 16.6 Å². The molecule has 1 saturated heterocycles. The van der Waals surface area contributed by atoms with Crippen molar-refractivity contribution in [1.29, 1.82) is 0 Å². The van der Waals surface area contributed by atoms with Gasteiger partial charge in [0.05, 0.1) is 12.6 Å². The molecule has 5 rings (SSSR count). The Kier molecular flexibility index (Phi) is 6.99. The van der Waals surface area contributed by atoms with Crippen molar-refractivity contribution in [3.05, 3.63) is 78.3 Å². The van der Waals surface area contributed by atoms with Gasteiger partial charge < -0.3 is 15.0 Å². The number of rotatable bonds is 9. The zero-order valence-electron chi connectivity index (χ0n) is 19.5. The molecule has 0 amide bonds. The Labute approximate surface area is 198 Å². The maximum atomic E-state index is 13.5. The van der Waals surface area contributed by atoms with E-state index in [1.807, 2.05) is 16.7 Å². The zero-order valence-corrected chi connectivity index (χ0v) is 19.5. The van der Waals surface area contributed by atoms with Crippen LogP contribution in [0.5, 0.6) is 0 Å².